The number of amides is 1. The zero-order chi connectivity index (χ0) is 18.4. The molecule has 4 heteroatoms. The van der Waals surface area contributed by atoms with E-state index >= 15 is 0 Å². The molecule has 132 valence electrons. The molecule has 26 heavy (non-hydrogen) atoms. The Morgan fingerprint density at radius 3 is 2.23 bits per heavy atom. The Labute approximate surface area is 153 Å². The van der Waals surface area contributed by atoms with Gasteiger partial charge in [0.05, 0.1) is 0 Å². The fraction of sp³-hybridized carbons (Fsp3) is 0.136. The van der Waals surface area contributed by atoms with Crippen molar-refractivity contribution in [2.24, 2.45) is 0 Å². The van der Waals surface area contributed by atoms with Crippen molar-refractivity contribution in [3.63, 3.8) is 0 Å². The van der Waals surface area contributed by atoms with E-state index in [0.29, 0.717) is 24.2 Å². The normalized spacial score (nSPS) is 10.7. The molecule has 0 fully saturated rings. The van der Waals surface area contributed by atoms with Crippen LogP contribution in [0.25, 0.3) is 0 Å². The van der Waals surface area contributed by atoms with Gasteiger partial charge in [-0.15, -0.1) is 0 Å². The first kappa shape index (κ1) is 17.8. The molecule has 0 saturated heterocycles. The number of anilines is 1. The predicted octanol–water partition coefficient (Wildman–Crippen LogP) is 4.71. The van der Waals surface area contributed by atoms with Gasteiger partial charge in [-0.25, -0.2) is 4.39 Å². The van der Waals surface area contributed by atoms with Crippen LogP contribution in [0.4, 0.5) is 10.1 Å². The minimum atomic E-state index is -0.188. The van der Waals surface area contributed by atoms with Gasteiger partial charge < -0.3 is 5.32 Å². The van der Waals surface area contributed by atoms with Crippen molar-refractivity contribution in [3.05, 3.63) is 101 Å². The van der Waals surface area contributed by atoms with Gasteiger partial charge in [0.1, 0.15) is 5.82 Å². The van der Waals surface area contributed by atoms with Crippen molar-refractivity contribution in [1.29, 1.82) is 0 Å². The van der Waals surface area contributed by atoms with Crippen molar-refractivity contribution in [1.82, 2.24) is 4.90 Å². The number of carbonyl (C=O) groups excluding carboxylic acids is 1. The maximum Gasteiger partial charge on any atom is 0.255 e. The molecule has 0 atom stereocenters. The molecule has 3 aromatic carbocycles. The number of nitrogens with one attached hydrogen (secondary N) is 1. The molecule has 0 aliphatic rings. The van der Waals surface area contributed by atoms with E-state index in [1.165, 1.54) is 6.07 Å². The van der Waals surface area contributed by atoms with Gasteiger partial charge in [0.2, 0.25) is 0 Å². The number of hydrogen-bond donors (Lipinski definition) is 1. The SMILES string of the molecule is CN(Cc1ccc(C(=O)Nc2ccccc2)cc1)Cc1ccccc1F. The number of benzene rings is 3. The average molecular weight is 348 g/mol. The van der Waals surface area contributed by atoms with Gasteiger partial charge in [0.15, 0.2) is 0 Å². The number of para-hydroxylation sites is 1. The topological polar surface area (TPSA) is 32.3 Å². The van der Waals surface area contributed by atoms with Gasteiger partial charge >= 0.3 is 0 Å². The summed E-state index contributed by atoms with van der Waals surface area (Å²) in [4.78, 5) is 14.3. The molecule has 0 heterocycles. The fourth-order valence-corrected chi connectivity index (χ4v) is 2.77. The summed E-state index contributed by atoms with van der Waals surface area (Å²) >= 11 is 0. The fourth-order valence-electron chi connectivity index (χ4n) is 2.77. The molecule has 1 amide bonds. The average Bonchev–Trinajstić information content (AvgIpc) is 2.65. The van der Waals surface area contributed by atoms with Gasteiger partial charge in [0, 0.05) is 29.9 Å². The lowest BCUT2D eigenvalue weighted by Crippen LogP contribution is -2.18. The minimum Gasteiger partial charge on any atom is -0.322 e. The Hall–Kier alpha value is -2.98. The van der Waals surface area contributed by atoms with Crippen LogP contribution in [-0.2, 0) is 13.1 Å². The third kappa shape index (κ3) is 4.77. The van der Waals surface area contributed by atoms with Gasteiger partial charge in [-0.2, -0.15) is 0 Å². The molecule has 3 aromatic rings. The van der Waals surface area contributed by atoms with Crippen LogP contribution >= 0.6 is 0 Å². The van der Waals surface area contributed by atoms with E-state index in [1.807, 2.05) is 72.6 Å². The predicted molar refractivity (Wildman–Crippen MR) is 102 cm³/mol. The van der Waals surface area contributed by atoms with E-state index in [0.717, 1.165) is 11.3 Å². The Morgan fingerprint density at radius 2 is 1.54 bits per heavy atom. The van der Waals surface area contributed by atoms with Gasteiger partial charge in [-0.05, 0) is 42.9 Å². The molecule has 3 nitrogen and oxygen atoms in total. The highest BCUT2D eigenvalue weighted by Crippen LogP contribution is 2.13. The Kier molecular flexibility index (Phi) is 5.77. The van der Waals surface area contributed by atoms with E-state index in [4.69, 9.17) is 0 Å². The first-order valence-corrected chi connectivity index (χ1v) is 8.49. The molecule has 0 spiro atoms. The smallest absolute Gasteiger partial charge is 0.255 e. The number of rotatable bonds is 6. The van der Waals surface area contributed by atoms with E-state index in [2.05, 4.69) is 5.32 Å². The summed E-state index contributed by atoms with van der Waals surface area (Å²) < 4.78 is 13.7. The summed E-state index contributed by atoms with van der Waals surface area (Å²) in [5.74, 6) is -0.324. The van der Waals surface area contributed by atoms with Crippen LogP contribution in [0.1, 0.15) is 21.5 Å². The summed E-state index contributed by atoms with van der Waals surface area (Å²) in [6.45, 7) is 1.21. The van der Waals surface area contributed by atoms with Gasteiger partial charge in [0.25, 0.3) is 5.91 Å². The van der Waals surface area contributed by atoms with Crippen LogP contribution in [-0.4, -0.2) is 17.9 Å². The zero-order valence-electron chi connectivity index (χ0n) is 14.7. The molecule has 3 rings (SSSR count). The first-order chi connectivity index (χ1) is 12.6. The summed E-state index contributed by atoms with van der Waals surface area (Å²) in [5.41, 5.74) is 3.12. The van der Waals surface area contributed by atoms with Crippen LogP contribution in [0.15, 0.2) is 78.9 Å². The molecule has 0 radical (unpaired) electrons. The molecule has 0 unspecified atom stereocenters. The Morgan fingerprint density at radius 1 is 0.885 bits per heavy atom. The Balaban J connectivity index is 1.59. The number of nitrogens with zero attached hydrogens (tertiary/aromatic N) is 1. The molecule has 0 bridgehead atoms. The zero-order valence-corrected chi connectivity index (χ0v) is 14.7. The molecule has 0 aliphatic carbocycles. The lowest BCUT2D eigenvalue weighted by atomic mass is 10.1. The molecular weight excluding hydrogens is 327 g/mol. The van der Waals surface area contributed by atoms with Gasteiger partial charge in [-0.3, -0.25) is 9.69 Å². The molecular formula is C22H21FN2O. The van der Waals surface area contributed by atoms with Crippen molar-refractivity contribution in [2.45, 2.75) is 13.1 Å². The van der Waals surface area contributed by atoms with Crippen LogP contribution < -0.4 is 5.32 Å². The largest absolute Gasteiger partial charge is 0.322 e. The number of hydrogen-bond acceptors (Lipinski definition) is 2. The van der Waals surface area contributed by atoms with Crippen molar-refractivity contribution < 1.29 is 9.18 Å². The van der Waals surface area contributed by atoms with Crippen LogP contribution in [0.2, 0.25) is 0 Å². The Bertz CT molecular complexity index is 863. The van der Waals surface area contributed by atoms with Crippen molar-refractivity contribution in [2.75, 3.05) is 12.4 Å². The summed E-state index contributed by atoms with van der Waals surface area (Å²) in [5, 5.41) is 2.87. The highest BCUT2D eigenvalue weighted by molar-refractivity contribution is 6.04. The second-order valence-electron chi connectivity index (χ2n) is 6.28. The standard InChI is InChI=1S/C22H21FN2O/c1-25(16-19-7-5-6-10-21(19)23)15-17-11-13-18(14-12-17)22(26)24-20-8-3-2-4-9-20/h2-14H,15-16H2,1H3,(H,24,26). The number of halogens is 1. The lowest BCUT2D eigenvalue weighted by molar-refractivity contribution is 0.102. The minimum absolute atomic E-state index is 0.137. The van der Waals surface area contributed by atoms with Crippen molar-refractivity contribution >= 4 is 11.6 Å². The van der Waals surface area contributed by atoms with Crippen LogP contribution in [0.5, 0.6) is 0 Å². The van der Waals surface area contributed by atoms with E-state index in [9.17, 15) is 9.18 Å². The van der Waals surface area contributed by atoms with E-state index in [-0.39, 0.29) is 11.7 Å². The van der Waals surface area contributed by atoms with Crippen LogP contribution in [0, 0.1) is 5.82 Å². The first-order valence-electron chi connectivity index (χ1n) is 8.49. The van der Waals surface area contributed by atoms with Crippen LogP contribution in [0.3, 0.4) is 0 Å². The molecule has 0 saturated carbocycles. The second-order valence-corrected chi connectivity index (χ2v) is 6.28. The molecule has 0 aliphatic heterocycles. The second kappa shape index (κ2) is 8.41. The lowest BCUT2D eigenvalue weighted by Gasteiger charge is -2.17. The maximum absolute atomic E-state index is 13.7. The highest BCUT2D eigenvalue weighted by Gasteiger charge is 2.08. The maximum atomic E-state index is 13.7. The highest BCUT2D eigenvalue weighted by atomic mass is 19.1. The molecule has 0 aromatic heterocycles. The summed E-state index contributed by atoms with van der Waals surface area (Å²) in [6, 6.07) is 23.6. The van der Waals surface area contributed by atoms with Crippen molar-refractivity contribution in [3.8, 4) is 0 Å². The summed E-state index contributed by atoms with van der Waals surface area (Å²) in [7, 11) is 1.95. The third-order valence-electron chi connectivity index (χ3n) is 4.10. The molecule has 1 N–H and O–H groups in total. The third-order valence-corrected chi connectivity index (χ3v) is 4.10. The van der Waals surface area contributed by atoms with Gasteiger partial charge in [-0.1, -0.05) is 48.5 Å². The number of carbonyl (C=O) groups is 1. The monoisotopic (exact) mass is 348 g/mol. The van der Waals surface area contributed by atoms with E-state index < -0.39 is 0 Å². The van der Waals surface area contributed by atoms with E-state index in [1.54, 1.807) is 12.1 Å². The summed E-state index contributed by atoms with van der Waals surface area (Å²) in [6.07, 6.45) is 0. The quantitative estimate of drug-likeness (QED) is 0.700.